The lowest BCUT2D eigenvalue weighted by Crippen LogP contribution is -2.26. The summed E-state index contributed by atoms with van der Waals surface area (Å²) in [5.41, 5.74) is -0.792. The van der Waals surface area contributed by atoms with Crippen LogP contribution in [0.25, 0.3) is 0 Å². The highest BCUT2D eigenvalue weighted by Crippen LogP contribution is 2.24. The minimum Gasteiger partial charge on any atom is -0.434 e. The van der Waals surface area contributed by atoms with E-state index < -0.39 is 5.41 Å². The van der Waals surface area contributed by atoms with Crippen molar-refractivity contribution in [3.63, 3.8) is 0 Å². The summed E-state index contributed by atoms with van der Waals surface area (Å²) in [6.07, 6.45) is 2.86. The smallest absolute Gasteiger partial charge is 0.322 e. The fourth-order valence-electron chi connectivity index (χ4n) is 0.566. The normalized spacial score (nSPS) is 32.9. The number of aliphatic hydroxyl groups excluding tert-OH is 1. The highest BCUT2D eigenvalue weighted by atomic mass is 16.5. The Hall–Kier alpha value is -0.830. The Balaban J connectivity index is 2.78. The number of cyclic esters (lactones) is 1. The molecule has 0 fully saturated rings. The van der Waals surface area contributed by atoms with Gasteiger partial charge in [0.15, 0.2) is 0 Å². The lowest BCUT2D eigenvalue weighted by molar-refractivity contribution is -0.144. The molecule has 0 aliphatic carbocycles. The van der Waals surface area contributed by atoms with E-state index in [4.69, 9.17) is 5.11 Å². The van der Waals surface area contributed by atoms with Gasteiger partial charge < -0.3 is 9.84 Å². The lowest BCUT2D eigenvalue weighted by atomic mass is 9.94. The van der Waals surface area contributed by atoms with Gasteiger partial charge in [-0.2, -0.15) is 0 Å². The van der Waals surface area contributed by atoms with E-state index in [0.29, 0.717) is 0 Å². The highest BCUT2D eigenvalue weighted by Gasteiger charge is 2.35. The maximum atomic E-state index is 10.7. The molecule has 0 aromatic rings. The summed E-state index contributed by atoms with van der Waals surface area (Å²) in [6, 6.07) is 0. The van der Waals surface area contributed by atoms with Gasteiger partial charge in [0.1, 0.15) is 5.41 Å². The van der Waals surface area contributed by atoms with Crippen LogP contribution in [0.2, 0.25) is 0 Å². The minimum absolute atomic E-state index is 0.192. The van der Waals surface area contributed by atoms with Crippen molar-refractivity contribution in [1.29, 1.82) is 0 Å². The first-order valence-electron chi connectivity index (χ1n) is 2.69. The van der Waals surface area contributed by atoms with Crippen molar-refractivity contribution in [2.75, 3.05) is 6.61 Å². The molecule has 0 spiro atoms. The largest absolute Gasteiger partial charge is 0.434 e. The third kappa shape index (κ3) is 0.833. The number of esters is 1. The standard InChI is InChI=1S/C6H8O3/c1-6(4-7)2-3-9-5(6)8/h2-3,7H,4H2,1H3. The molecule has 50 valence electrons. The summed E-state index contributed by atoms with van der Waals surface area (Å²) < 4.78 is 4.48. The van der Waals surface area contributed by atoms with Gasteiger partial charge in [0.2, 0.25) is 0 Å². The van der Waals surface area contributed by atoms with Gasteiger partial charge in [-0.3, -0.25) is 4.79 Å². The molecule has 1 unspecified atom stereocenters. The van der Waals surface area contributed by atoms with Gasteiger partial charge >= 0.3 is 5.97 Å². The van der Waals surface area contributed by atoms with Gasteiger partial charge in [-0.15, -0.1) is 0 Å². The lowest BCUT2D eigenvalue weighted by Gasteiger charge is -2.11. The van der Waals surface area contributed by atoms with Gasteiger partial charge in [-0.05, 0) is 13.0 Å². The van der Waals surface area contributed by atoms with Gasteiger partial charge in [0.05, 0.1) is 12.9 Å². The molecule has 3 nitrogen and oxygen atoms in total. The van der Waals surface area contributed by atoms with Crippen molar-refractivity contribution in [3.8, 4) is 0 Å². The van der Waals surface area contributed by atoms with E-state index in [1.807, 2.05) is 0 Å². The van der Waals surface area contributed by atoms with Gasteiger partial charge in [-0.1, -0.05) is 0 Å². The third-order valence-electron chi connectivity index (χ3n) is 1.41. The maximum absolute atomic E-state index is 10.7. The van der Waals surface area contributed by atoms with Gasteiger partial charge in [0, 0.05) is 0 Å². The average Bonchev–Trinajstić information content (AvgIpc) is 2.15. The quantitative estimate of drug-likeness (QED) is 0.508. The summed E-state index contributed by atoms with van der Waals surface area (Å²) in [5, 5.41) is 8.64. The second kappa shape index (κ2) is 1.84. The molecule has 0 radical (unpaired) electrons. The third-order valence-corrected chi connectivity index (χ3v) is 1.41. The Morgan fingerprint density at radius 1 is 1.89 bits per heavy atom. The van der Waals surface area contributed by atoms with Crippen LogP contribution in [-0.4, -0.2) is 17.7 Å². The number of hydrogen-bond donors (Lipinski definition) is 1. The number of carbonyl (C=O) groups is 1. The summed E-state index contributed by atoms with van der Waals surface area (Å²) in [7, 11) is 0. The SMILES string of the molecule is CC1(CO)C=COC1=O. The van der Waals surface area contributed by atoms with Crippen LogP contribution >= 0.6 is 0 Å². The molecule has 0 saturated carbocycles. The van der Waals surface area contributed by atoms with E-state index in [-0.39, 0.29) is 12.6 Å². The number of ether oxygens (including phenoxy) is 1. The molecule has 3 heteroatoms. The van der Waals surface area contributed by atoms with E-state index in [2.05, 4.69) is 4.74 Å². The van der Waals surface area contributed by atoms with Gasteiger partial charge in [0.25, 0.3) is 0 Å². The maximum Gasteiger partial charge on any atom is 0.322 e. The zero-order valence-corrected chi connectivity index (χ0v) is 5.13. The first kappa shape index (κ1) is 6.29. The average molecular weight is 128 g/mol. The minimum atomic E-state index is -0.792. The van der Waals surface area contributed by atoms with Crippen molar-refractivity contribution in [1.82, 2.24) is 0 Å². The Labute approximate surface area is 52.9 Å². The van der Waals surface area contributed by atoms with Crippen LogP contribution in [0.15, 0.2) is 12.3 Å². The number of hydrogen-bond acceptors (Lipinski definition) is 3. The molecule has 0 saturated heterocycles. The zero-order chi connectivity index (χ0) is 6.91. The fourth-order valence-corrected chi connectivity index (χ4v) is 0.566. The predicted octanol–water partition coefficient (Wildman–Crippen LogP) is 0.0555. The van der Waals surface area contributed by atoms with Crippen molar-refractivity contribution in [2.24, 2.45) is 5.41 Å². The van der Waals surface area contributed by atoms with Crippen molar-refractivity contribution in [3.05, 3.63) is 12.3 Å². The molecule has 0 amide bonds. The van der Waals surface area contributed by atoms with Crippen LogP contribution in [0.3, 0.4) is 0 Å². The fraction of sp³-hybridized carbons (Fsp3) is 0.500. The van der Waals surface area contributed by atoms with Crippen LogP contribution < -0.4 is 0 Å². The summed E-state index contributed by atoms with van der Waals surface area (Å²) in [6.45, 7) is 1.43. The second-order valence-corrected chi connectivity index (χ2v) is 2.28. The van der Waals surface area contributed by atoms with Crippen LogP contribution in [0.1, 0.15) is 6.92 Å². The number of carbonyl (C=O) groups excluding carboxylic acids is 1. The number of aliphatic hydroxyl groups is 1. The second-order valence-electron chi connectivity index (χ2n) is 2.28. The monoisotopic (exact) mass is 128 g/mol. The Morgan fingerprint density at radius 3 is 2.78 bits per heavy atom. The van der Waals surface area contributed by atoms with Crippen LogP contribution in [0, 0.1) is 5.41 Å². The topological polar surface area (TPSA) is 46.5 Å². The molecular formula is C6H8O3. The molecule has 1 aliphatic rings. The molecule has 1 N–H and O–H groups in total. The van der Waals surface area contributed by atoms with Crippen molar-refractivity contribution < 1.29 is 14.6 Å². The molecule has 0 bridgehead atoms. The van der Waals surface area contributed by atoms with E-state index in [1.165, 1.54) is 6.26 Å². The van der Waals surface area contributed by atoms with Crippen molar-refractivity contribution >= 4 is 5.97 Å². The number of rotatable bonds is 1. The van der Waals surface area contributed by atoms with Crippen molar-refractivity contribution in [2.45, 2.75) is 6.92 Å². The Kier molecular flexibility index (Phi) is 1.29. The molecule has 1 atom stereocenters. The van der Waals surface area contributed by atoms with E-state index in [1.54, 1.807) is 13.0 Å². The van der Waals surface area contributed by atoms with Crippen LogP contribution in [0.4, 0.5) is 0 Å². The highest BCUT2D eigenvalue weighted by molar-refractivity contribution is 5.81. The summed E-state index contributed by atoms with van der Waals surface area (Å²) in [4.78, 5) is 10.7. The molecular weight excluding hydrogens is 120 g/mol. The first-order chi connectivity index (χ1) is 4.19. The molecule has 1 rings (SSSR count). The Bertz CT molecular complexity index is 162. The molecule has 0 aromatic carbocycles. The van der Waals surface area contributed by atoms with E-state index in [9.17, 15) is 4.79 Å². The summed E-state index contributed by atoms with van der Waals surface area (Å²) in [5.74, 6) is -0.384. The van der Waals surface area contributed by atoms with Crippen LogP contribution in [0.5, 0.6) is 0 Å². The zero-order valence-electron chi connectivity index (χ0n) is 5.13. The van der Waals surface area contributed by atoms with Crippen LogP contribution in [-0.2, 0) is 9.53 Å². The van der Waals surface area contributed by atoms with Gasteiger partial charge in [-0.25, -0.2) is 0 Å². The first-order valence-corrected chi connectivity index (χ1v) is 2.69. The Morgan fingerprint density at radius 2 is 2.56 bits per heavy atom. The molecule has 1 aliphatic heterocycles. The molecule has 1 heterocycles. The summed E-state index contributed by atoms with van der Waals surface area (Å²) >= 11 is 0. The predicted molar refractivity (Wildman–Crippen MR) is 30.4 cm³/mol. The molecule has 9 heavy (non-hydrogen) atoms. The van der Waals surface area contributed by atoms with E-state index in [0.717, 1.165) is 0 Å². The van der Waals surface area contributed by atoms with E-state index >= 15 is 0 Å². The molecule has 0 aromatic heterocycles.